The first-order chi connectivity index (χ1) is 7.45. The molecular weight excluding hydrogens is 186 g/mol. The minimum absolute atomic E-state index is 0.655. The van der Waals surface area contributed by atoms with E-state index in [0.717, 1.165) is 19.5 Å². The molecule has 0 amide bonds. The molecule has 2 N–H and O–H groups in total. The van der Waals surface area contributed by atoms with E-state index in [1.165, 1.54) is 25.1 Å². The lowest BCUT2D eigenvalue weighted by atomic mass is 10.1. The molecule has 82 valence electrons. The van der Waals surface area contributed by atoms with Gasteiger partial charge in [0.05, 0.1) is 0 Å². The first-order valence-corrected chi connectivity index (χ1v) is 5.79. The van der Waals surface area contributed by atoms with Crippen molar-refractivity contribution >= 4 is 0 Å². The van der Waals surface area contributed by atoms with Gasteiger partial charge in [-0.2, -0.15) is 0 Å². The third kappa shape index (κ3) is 3.61. The zero-order chi connectivity index (χ0) is 10.3. The van der Waals surface area contributed by atoms with E-state index < -0.39 is 0 Å². The number of aromatic nitrogens is 1. The van der Waals surface area contributed by atoms with Gasteiger partial charge in [0.2, 0.25) is 0 Å². The molecule has 0 saturated carbocycles. The number of nitrogens with one attached hydrogen (secondary N) is 2. The molecule has 1 unspecified atom stereocenters. The van der Waals surface area contributed by atoms with Crippen molar-refractivity contribution in [3.63, 3.8) is 0 Å². The summed E-state index contributed by atoms with van der Waals surface area (Å²) in [5.41, 5.74) is 1.17. The van der Waals surface area contributed by atoms with Gasteiger partial charge in [0.25, 0.3) is 0 Å². The van der Waals surface area contributed by atoms with E-state index in [0.29, 0.717) is 6.04 Å². The van der Waals surface area contributed by atoms with Crippen molar-refractivity contribution in [1.29, 1.82) is 0 Å². The molecule has 15 heavy (non-hydrogen) atoms. The Labute approximate surface area is 91.3 Å². The zero-order valence-corrected chi connectivity index (χ0v) is 9.08. The molecule has 1 aromatic rings. The molecule has 1 aliphatic heterocycles. The SMILES string of the molecule is c1ccc(CCNC2CCCNC2)nc1. The van der Waals surface area contributed by atoms with Crippen LogP contribution in [0.3, 0.4) is 0 Å². The third-order valence-corrected chi connectivity index (χ3v) is 2.84. The molecule has 1 aromatic heterocycles. The minimum atomic E-state index is 0.655. The Bertz CT molecular complexity index is 267. The molecule has 0 aliphatic carbocycles. The largest absolute Gasteiger partial charge is 0.315 e. The topological polar surface area (TPSA) is 37.0 Å². The molecule has 1 atom stereocenters. The molecule has 1 aliphatic rings. The average Bonchev–Trinajstić information content (AvgIpc) is 2.32. The van der Waals surface area contributed by atoms with Crippen LogP contribution in [0.15, 0.2) is 24.4 Å². The molecule has 3 nitrogen and oxygen atoms in total. The highest BCUT2D eigenvalue weighted by Gasteiger charge is 2.11. The van der Waals surface area contributed by atoms with Crippen LogP contribution in [0.5, 0.6) is 0 Å². The zero-order valence-electron chi connectivity index (χ0n) is 9.08. The number of nitrogens with zero attached hydrogens (tertiary/aromatic N) is 1. The molecule has 1 fully saturated rings. The van der Waals surface area contributed by atoms with Crippen LogP contribution in [0.1, 0.15) is 18.5 Å². The molecular formula is C12H19N3. The standard InChI is InChI=1S/C12H19N3/c1-2-8-14-11(4-1)6-9-15-12-5-3-7-13-10-12/h1-2,4,8,12-13,15H,3,5-7,9-10H2. The number of piperidine rings is 1. The summed E-state index contributed by atoms with van der Waals surface area (Å²) in [4.78, 5) is 4.31. The number of hydrogen-bond acceptors (Lipinski definition) is 3. The fraction of sp³-hybridized carbons (Fsp3) is 0.583. The fourth-order valence-electron chi connectivity index (χ4n) is 1.98. The van der Waals surface area contributed by atoms with E-state index in [1.54, 1.807) is 0 Å². The van der Waals surface area contributed by atoms with Gasteiger partial charge >= 0.3 is 0 Å². The van der Waals surface area contributed by atoms with E-state index in [-0.39, 0.29) is 0 Å². The number of hydrogen-bond donors (Lipinski definition) is 2. The summed E-state index contributed by atoms with van der Waals surface area (Å²) in [6.07, 6.45) is 5.48. The number of pyridine rings is 1. The van der Waals surface area contributed by atoms with Crippen molar-refractivity contribution in [3.05, 3.63) is 30.1 Å². The van der Waals surface area contributed by atoms with Gasteiger partial charge in [-0.05, 0) is 31.5 Å². The highest BCUT2D eigenvalue weighted by molar-refractivity contribution is 5.03. The molecule has 0 spiro atoms. The first-order valence-electron chi connectivity index (χ1n) is 5.79. The van der Waals surface area contributed by atoms with Crippen molar-refractivity contribution in [2.24, 2.45) is 0 Å². The molecule has 0 radical (unpaired) electrons. The van der Waals surface area contributed by atoms with Gasteiger partial charge in [-0.3, -0.25) is 4.98 Å². The van der Waals surface area contributed by atoms with Gasteiger partial charge in [0, 0.05) is 37.4 Å². The van der Waals surface area contributed by atoms with Crippen molar-refractivity contribution < 1.29 is 0 Å². The van der Waals surface area contributed by atoms with Crippen LogP contribution in [0.4, 0.5) is 0 Å². The van der Waals surface area contributed by atoms with Crippen LogP contribution in [0.25, 0.3) is 0 Å². The summed E-state index contributed by atoms with van der Waals surface area (Å²) in [5, 5.41) is 6.97. The number of rotatable bonds is 4. The lowest BCUT2D eigenvalue weighted by Crippen LogP contribution is -2.43. The summed E-state index contributed by atoms with van der Waals surface area (Å²) < 4.78 is 0. The minimum Gasteiger partial charge on any atom is -0.315 e. The summed E-state index contributed by atoms with van der Waals surface area (Å²) >= 11 is 0. The second-order valence-electron chi connectivity index (χ2n) is 4.07. The van der Waals surface area contributed by atoms with Gasteiger partial charge in [-0.1, -0.05) is 6.07 Å². The van der Waals surface area contributed by atoms with Gasteiger partial charge in [0.1, 0.15) is 0 Å². The molecule has 2 rings (SSSR count). The van der Waals surface area contributed by atoms with Gasteiger partial charge in [-0.15, -0.1) is 0 Å². The van der Waals surface area contributed by atoms with Crippen LogP contribution in [0, 0.1) is 0 Å². The highest BCUT2D eigenvalue weighted by Crippen LogP contribution is 2.01. The van der Waals surface area contributed by atoms with Crippen LogP contribution < -0.4 is 10.6 Å². The second-order valence-corrected chi connectivity index (χ2v) is 4.07. The maximum atomic E-state index is 4.31. The Balaban J connectivity index is 1.66. The van der Waals surface area contributed by atoms with E-state index in [2.05, 4.69) is 21.7 Å². The van der Waals surface area contributed by atoms with Gasteiger partial charge < -0.3 is 10.6 Å². The normalized spacial score (nSPS) is 21.5. The van der Waals surface area contributed by atoms with Crippen LogP contribution in [0.2, 0.25) is 0 Å². The summed E-state index contributed by atoms with van der Waals surface area (Å²) in [6, 6.07) is 6.75. The van der Waals surface area contributed by atoms with Crippen LogP contribution >= 0.6 is 0 Å². The Morgan fingerprint density at radius 2 is 2.47 bits per heavy atom. The Hall–Kier alpha value is -0.930. The summed E-state index contributed by atoms with van der Waals surface area (Å²) in [6.45, 7) is 3.32. The fourth-order valence-corrected chi connectivity index (χ4v) is 1.98. The predicted molar refractivity (Wildman–Crippen MR) is 61.8 cm³/mol. The van der Waals surface area contributed by atoms with Crippen molar-refractivity contribution in [1.82, 2.24) is 15.6 Å². The monoisotopic (exact) mass is 205 g/mol. The third-order valence-electron chi connectivity index (χ3n) is 2.84. The second kappa shape index (κ2) is 5.83. The Morgan fingerprint density at radius 1 is 1.47 bits per heavy atom. The van der Waals surface area contributed by atoms with Crippen molar-refractivity contribution in [2.75, 3.05) is 19.6 Å². The highest BCUT2D eigenvalue weighted by atomic mass is 15.0. The van der Waals surface area contributed by atoms with E-state index in [1.807, 2.05) is 18.3 Å². The van der Waals surface area contributed by atoms with Crippen LogP contribution in [-0.2, 0) is 6.42 Å². The predicted octanol–water partition coefficient (Wildman–Crippen LogP) is 0.966. The quantitative estimate of drug-likeness (QED) is 0.769. The van der Waals surface area contributed by atoms with Gasteiger partial charge in [0.15, 0.2) is 0 Å². The van der Waals surface area contributed by atoms with E-state index in [9.17, 15) is 0 Å². The van der Waals surface area contributed by atoms with Crippen molar-refractivity contribution in [3.8, 4) is 0 Å². The summed E-state index contributed by atoms with van der Waals surface area (Å²) in [7, 11) is 0. The molecule has 1 saturated heterocycles. The van der Waals surface area contributed by atoms with Gasteiger partial charge in [-0.25, -0.2) is 0 Å². The average molecular weight is 205 g/mol. The van der Waals surface area contributed by atoms with Crippen molar-refractivity contribution in [2.45, 2.75) is 25.3 Å². The molecule has 3 heteroatoms. The molecule has 0 aromatic carbocycles. The Kier molecular flexibility index (Phi) is 4.11. The summed E-state index contributed by atoms with van der Waals surface area (Å²) in [5.74, 6) is 0. The maximum Gasteiger partial charge on any atom is 0.0416 e. The lowest BCUT2D eigenvalue weighted by molar-refractivity contribution is 0.392. The smallest absolute Gasteiger partial charge is 0.0416 e. The Morgan fingerprint density at radius 3 is 3.20 bits per heavy atom. The van der Waals surface area contributed by atoms with E-state index in [4.69, 9.17) is 0 Å². The molecule has 2 heterocycles. The molecule has 0 bridgehead atoms. The lowest BCUT2D eigenvalue weighted by Gasteiger charge is -2.23. The van der Waals surface area contributed by atoms with Crippen LogP contribution in [-0.4, -0.2) is 30.7 Å². The first kappa shape index (κ1) is 10.6. The van der Waals surface area contributed by atoms with E-state index >= 15 is 0 Å². The maximum absolute atomic E-state index is 4.31.